The van der Waals surface area contributed by atoms with Gasteiger partial charge in [0.25, 0.3) is 11.8 Å². The third-order valence-corrected chi connectivity index (χ3v) is 4.98. The molecule has 1 atom stereocenters. The molecule has 1 aliphatic rings. The van der Waals surface area contributed by atoms with Crippen molar-refractivity contribution in [2.45, 2.75) is 38.6 Å². The standard InChI is InChI=1S/C22H25N3O4/c1-3-5-15-29-18-13-11-16(12-14-18)19(26)24-25-20(27)22(4-2,23-21(25)28)17-9-7-6-8-10-17/h6-14H,3-5,15H2,1-2H3,(H,23,28)(H,24,26)/t22-/m0/s1. The van der Waals surface area contributed by atoms with Gasteiger partial charge in [0.05, 0.1) is 6.61 Å². The zero-order valence-electron chi connectivity index (χ0n) is 16.6. The highest BCUT2D eigenvalue weighted by Crippen LogP contribution is 2.31. The van der Waals surface area contributed by atoms with Crippen LogP contribution in [0.25, 0.3) is 0 Å². The Morgan fingerprint density at radius 1 is 1.07 bits per heavy atom. The summed E-state index contributed by atoms with van der Waals surface area (Å²) < 4.78 is 5.58. The quantitative estimate of drug-likeness (QED) is 0.530. The Kier molecular flexibility index (Phi) is 6.16. The van der Waals surface area contributed by atoms with Crippen LogP contribution >= 0.6 is 0 Å². The molecule has 2 aromatic carbocycles. The summed E-state index contributed by atoms with van der Waals surface area (Å²) in [7, 11) is 0. The highest BCUT2D eigenvalue weighted by atomic mass is 16.5. The minimum absolute atomic E-state index is 0.321. The van der Waals surface area contributed by atoms with Crippen LogP contribution in [0.1, 0.15) is 49.0 Å². The van der Waals surface area contributed by atoms with E-state index in [4.69, 9.17) is 4.74 Å². The Morgan fingerprint density at radius 3 is 2.38 bits per heavy atom. The first-order valence-corrected chi connectivity index (χ1v) is 9.78. The summed E-state index contributed by atoms with van der Waals surface area (Å²) >= 11 is 0. The number of unbranched alkanes of at least 4 members (excludes halogenated alkanes) is 1. The number of carbonyl (C=O) groups is 3. The molecule has 0 radical (unpaired) electrons. The molecule has 0 aromatic heterocycles. The first kappa shape index (κ1) is 20.4. The normalized spacial score (nSPS) is 18.5. The molecule has 0 spiro atoms. The zero-order chi connectivity index (χ0) is 20.9. The van der Waals surface area contributed by atoms with Crippen molar-refractivity contribution in [1.82, 2.24) is 15.8 Å². The van der Waals surface area contributed by atoms with E-state index in [0.29, 0.717) is 29.9 Å². The van der Waals surface area contributed by atoms with Crippen LogP contribution in [0, 0.1) is 0 Å². The average Bonchev–Trinajstić information content (AvgIpc) is 3.00. The number of nitrogens with zero attached hydrogens (tertiary/aromatic N) is 1. The highest BCUT2D eigenvalue weighted by molar-refractivity contribution is 6.09. The van der Waals surface area contributed by atoms with Crippen LogP contribution in [0.2, 0.25) is 0 Å². The number of benzene rings is 2. The molecule has 7 nitrogen and oxygen atoms in total. The second-order valence-electron chi connectivity index (χ2n) is 6.86. The van der Waals surface area contributed by atoms with Crippen molar-refractivity contribution in [2.24, 2.45) is 0 Å². The number of hydrogen-bond donors (Lipinski definition) is 2. The Morgan fingerprint density at radius 2 is 1.76 bits per heavy atom. The van der Waals surface area contributed by atoms with Gasteiger partial charge in [-0.2, -0.15) is 5.01 Å². The third-order valence-electron chi connectivity index (χ3n) is 4.98. The molecule has 1 heterocycles. The third kappa shape index (κ3) is 4.08. The van der Waals surface area contributed by atoms with Crippen molar-refractivity contribution >= 4 is 17.8 Å². The van der Waals surface area contributed by atoms with Gasteiger partial charge < -0.3 is 10.1 Å². The Bertz CT molecular complexity index is 883. The SMILES string of the molecule is CCCCOc1ccc(C(=O)NN2C(=O)N[C@@](CC)(c3ccccc3)C2=O)cc1. The van der Waals surface area contributed by atoms with Gasteiger partial charge in [0, 0.05) is 5.56 Å². The van der Waals surface area contributed by atoms with Crippen LogP contribution < -0.4 is 15.5 Å². The van der Waals surface area contributed by atoms with E-state index in [0.717, 1.165) is 17.9 Å². The first-order valence-electron chi connectivity index (χ1n) is 9.78. The van der Waals surface area contributed by atoms with Crippen molar-refractivity contribution in [3.05, 3.63) is 65.7 Å². The average molecular weight is 395 g/mol. The molecule has 3 rings (SSSR count). The molecular formula is C22H25N3O4. The molecule has 2 N–H and O–H groups in total. The fourth-order valence-electron chi connectivity index (χ4n) is 3.24. The largest absolute Gasteiger partial charge is 0.494 e. The predicted molar refractivity (Wildman–Crippen MR) is 108 cm³/mol. The topological polar surface area (TPSA) is 87.7 Å². The lowest BCUT2D eigenvalue weighted by atomic mass is 9.87. The minimum atomic E-state index is -1.19. The van der Waals surface area contributed by atoms with Gasteiger partial charge in [-0.1, -0.05) is 50.6 Å². The maximum absolute atomic E-state index is 13.0. The molecular weight excluding hydrogens is 370 g/mol. The number of urea groups is 1. The summed E-state index contributed by atoms with van der Waals surface area (Å²) in [6.45, 7) is 4.51. The van der Waals surface area contributed by atoms with Gasteiger partial charge in [0.15, 0.2) is 0 Å². The van der Waals surface area contributed by atoms with Gasteiger partial charge in [-0.3, -0.25) is 15.0 Å². The maximum Gasteiger partial charge on any atom is 0.344 e. The van der Waals surface area contributed by atoms with Gasteiger partial charge in [0.2, 0.25) is 0 Å². The smallest absolute Gasteiger partial charge is 0.344 e. The number of amides is 4. The molecule has 0 saturated carbocycles. The summed E-state index contributed by atoms with van der Waals surface area (Å²) in [6, 6.07) is 14.9. The van der Waals surface area contributed by atoms with Crippen molar-refractivity contribution in [2.75, 3.05) is 6.61 Å². The summed E-state index contributed by atoms with van der Waals surface area (Å²) in [5, 5.41) is 3.49. The number of hydrogen-bond acceptors (Lipinski definition) is 4. The highest BCUT2D eigenvalue weighted by Gasteiger charge is 2.52. The lowest BCUT2D eigenvalue weighted by Crippen LogP contribution is -2.48. The molecule has 1 fully saturated rings. The van der Waals surface area contributed by atoms with E-state index in [1.54, 1.807) is 48.5 Å². The molecule has 2 aromatic rings. The van der Waals surface area contributed by atoms with Gasteiger partial charge in [-0.25, -0.2) is 4.79 Å². The fraction of sp³-hybridized carbons (Fsp3) is 0.318. The molecule has 152 valence electrons. The van der Waals surface area contributed by atoms with Crippen LogP contribution in [-0.4, -0.2) is 29.5 Å². The maximum atomic E-state index is 13.0. The van der Waals surface area contributed by atoms with Crippen molar-refractivity contribution in [3.63, 3.8) is 0 Å². The van der Waals surface area contributed by atoms with E-state index >= 15 is 0 Å². The molecule has 0 unspecified atom stereocenters. The summed E-state index contributed by atoms with van der Waals surface area (Å²) in [6.07, 6.45) is 2.35. The molecule has 1 saturated heterocycles. The second-order valence-corrected chi connectivity index (χ2v) is 6.86. The number of rotatable bonds is 8. The summed E-state index contributed by atoms with van der Waals surface area (Å²) in [5.41, 5.74) is 2.22. The second kappa shape index (κ2) is 8.77. The van der Waals surface area contributed by atoms with Gasteiger partial charge in [-0.15, -0.1) is 0 Å². The molecule has 4 amide bonds. The van der Waals surface area contributed by atoms with Gasteiger partial charge >= 0.3 is 6.03 Å². The van der Waals surface area contributed by atoms with Crippen LogP contribution in [0.5, 0.6) is 5.75 Å². The summed E-state index contributed by atoms with van der Waals surface area (Å²) in [4.78, 5) is 38.1. The number of imide groups is 1. The molecule has 29 heavy (non-hydrogen) atoms. The molecule has 7 heteroatoms. The van der Waals surface area contributed by atoms with Crippen LogP contribution in [0.15, 0.2) is 54.6 Å². The Labute approximate surface area is 170 Å². The Balaban J connectivity index is 1.72. The van der Waals surface area contributed by atoms with E-state index in [2.05, 4.69) is 17.7 Å². The van der Waals surface area contributed by atoms with Crippen molar-refractivity contribution in [1.29, 1.82) is 0 Å². The molecule has 0 bridgehead atoms. The summed E-state index contributed by atoms with van der Waals surface area (Å²) in [5.74, 6) is -0.392. The minimum Gasteiger partial charge on any atom is -0.494 e. The lowest BCUT2D eigenvalue weighted by molar-refractivity contribution is -0.133. The Hall–Kier alpha value is -3.35. The van der Waals surface area contributed by atoms with Crippen LogP contribution in [0.3, 0.4) is 0 Å². The molecule has 1 aliphatic heterocycles. The van der Waals surface area contributed by atoms with Crippen LogP contribution in [0.4, 0.5) is 4.79 Å². The first-order chi connectivity index (χ1) is 14.0. The van der Waals surface area contributed by atoms with Gasteiger partial charge in [0.1, 0.15) is 11.3 Å². The van der Waals surface area contributed by atoms with E-state index < -0.39 is 23.4 Å². The van der Waals surface area contributed by atoms with Crippen molar-refractivity contribution in [3.8, 4) is 5.75 Å². The molecule has 0 aliphatic carbocycles. The van der Waals surface area contributed by atoms with E-state index in [1.807, 2.05) is 13.0 Å². The van der Waals surface area contributed by atoms with E-state index in [1.165, 1.54) is 0 Å². The van der Waals surface area contributed by atoms with E-state index in [-0.39, 0.29) is 0 Å². The zero-order valence-corrected chi connectivity index (χ0v) is 16.6. The predicted octanol–water partition coefficient (Wildman–Crippen LogP) is 3.37. The lowest BCUT2D eigenvalue weighted by Gasteiger charge is -2.25. The number of nitrogens with one attached hydrogen (secondary N) is 2. The van der Waals surface area contributed by atoms with E-state index in [9.17, 15) is 14.4 Å². The van der Waals surface area contributed by atoms with Gasteiger partial charge in [-0.05, 0) is 42.7 Å². The van der Waals surface area contributed by atoms with Crippen LogP contribution in [-0.2, 0) is 10.3 Å². The monoisotopic (exact) mass is 395 g/mol. The number of ether oxygens (including phenoxy) is 1. The number of hydrazine groups is 1. The number of carbonyl (C=O) groups excluding carboxylic acids is 3. The fourth-order valence-corrected chi connectivity index (χ4v) is 3.24. The van der Waals surface area contributed by atoms with Crippen molar-refractivity contribution < 1.29 is 19.1 Å².